The summed E-state index contributed by atoms with van der Waals surface area (Å²) >= 11 is 6.67. The molecule has 0 saturated heterocycles. The molecule has 0 aliphatic carbocycles. The van der Waals surface area contributed by atoms with Crippen molar-refractivity contribution in [1.82, 2.24) is 10.2 Å². The molecule has 1 amide bonds. The topological polar surface area (TPSA) is 74.8 Å². The highest BCUT2D eigenvalue weighted by Crippen LogP contribution is 2.30. The van der Waals surface area contributed by atoms with Crippen molar-refractivity contribution in [1.29, 1.82) is 0 Å². The highest BCUT2D eigenvalue weighted by molar-refractivity contribution is 9.11. The second kappa shape index (κ2) is 5.45. The predicted octanol–water partition coefficient (Wildman–Crippen LogP) is 2.55. The van der Waals surface area contributed by atoms with E-state index < -0.39 is 5.91 Å². The Kier molecular flexibility index (Phi) is 3.93. The van der Waals surface area contributed by atoms with Gasteiger partial charge in [0.1, 0.15) is 5.69 Å². The number of hydrogen-bond acceptors (Lipinski definition) is 3. The number of H-pyrrole nitrogens is 1. The average Bonchev–Trinajstić information content (AvgIpc) is 2.34. The summed E-state index contributed by atoms with van der Waals surface area (Å²) in [5, 5.41) is 8.56. The van der Waals surface area contributed by atoms with Gasteiger partial charge in [0, 0.05) is 15.0 Å². The zero-order valence-corrected chi connectivity index (χ0v) is 12.1. The summed E-state index contributed by atoms with van der Waals surface area (Å²) in [6.45, 7) is 0. The largest absolute Gasteiger partial charge is 0.319 e. The first-order chi connectivity index (χ1) is 8.58. The van der Waals surface area contributed by atoms with E-state index in [1.54, 1.807) is 12.1 Å². The van der Waals surface area contributed by atoms with Gasteiger partial charge in [0.25, 0.3) is 11.5 Å². The number of hydrogen-bond donors (Lipinski definition) is 2. The number of carbonyl (C=O) groups is 1. The van der Waals surface area contributed by atoms with E-state index in [-0.39, 0.29) is 11.3 Å². The fourth-order valence-electron chi connectivity index (χ4n) is 1.27. The highest BCUT2D eigenvalue weighted by atomic mass is 79.9. The van der Waals surface area contributed by atoms with Gasteiger partial charge in [-0.1, -0.05) is 6.07 Å². The van der Waals surface area contributed by atoms with Crippen molar-refractivity contribution in [2.24, 2.45) is 0 Å². The summed E-state index contributed by atoms with van der Waals surface area (Å²) < 4.78 is 1.49. The number of nitrogens with one attached hydrogen (secondary N) is 2. The van der Waals surface area contributed by atoms with Crippen LogP contribution in [0.2, 0.25) is 0 Å². The van der Waals surface area contributed by atoms with Gasteiger partial charge >= 0.3 is 0 Å². The minimum atomic E-state index is -0.404. The standard InChI is InChI=1S/C11H7Br2N3O2/c12-6-2-1-3-7(13)10(6)14-11(18)8-4-5-9(17)16-15-8/h1-5H,(H,14,18)(H,16,17). The van der Waals surface area contributed by atoms with Crippen molar-refractivity contribution in [2.45, 2.75) is 0 Å². The van der Waals surface area contributed by atoms with Crippen LogP contribution >= 0.6 is 31.9 Å². The Bertz CT molecular complexity index is 614. The predicted molar refractivity (Wildman–Crippen MR) is 74.7 cm³/mol. The summed E-state index contributed by atoms with van der Waals surface area (Å²) in [4.78, 5) is 22.7. The number of para-hydroxylation sites is 1. The molecular formula is C11H7Br2N3O2. The van der Waals surface area contributed by atoms with E-state index in [0.29, 0.717) is 5.69 Å². The first-order valence-corrected chi connectivity index (χ1v) is 6.47. The van der Waals surface area contributed by atoms with Crippen molar-refractivity contribution in [3.63, 3.8) is 0 Å². The van der Waals surface area contributed by atoms with E-state index >= 15 is 0 Å². The van der Waals surface area contributed by atoms with Gasteiger partial charge in [-0.2, -0.15) is 5.10 Å². The molecule has 1 heterocycles. The van der Waals surface area contributed by atoms with Gasteiger partial charge in [-0.3, -0.25) is 9.59 Å². The van der Waals surface area contributed by atoms with E-state index in [1.807, 2.05) is 6.07 Å². The number of benzene rings is 1. The molecule has 18 heavy (non-hydrogen) atoms. The molecule has 0 saturated carbocycles. The van der Waals surface area contributed by atoms with Gasteiger partial charge < -0.3 is 5.32 Å². The lowest BCUT2D eigenvalue weighted by Gasteiger charge is -2.08. The normalized spacial score (nSPS) is 10.1. The minimum absolute atomic E-state index is 0.136. The maximum Gasteiger partial charge on any atom is 0.276 e. The Morgan fingerprint density at radius 3 is 2.39 bits per heavy atom. The Morgan fingerprint density at radius 1 is 1.17 bits per heavy atom. The number of aromatic amines is 1. The number of aromatic nitrogens is 2. The van der Waals surface area contributed by atoms with Crippen molar-refractivity contribution < 1.29 is 4.79 Å². The number of anilines is 1. The molecule has 0 atom stereocenters. The molecule has 0 fully saturated rings. The number of halogens is 2. The van der Waals surface area contributed by atoms with E-state index in [0.717, 1.165) is 8.95 Å². The second-order valence-corrected chi connectivity index (χ2v) is 5.07. The van der Waals surface area contributed by atoms with Crippen LogP contribution in [0.4, 0.5) is 5.69 Å². The fraction of sp³-hybridized carbons (Fsp3) is 0. The molecule has 1 aromatic heterocycles. The van der Waals surface area contributed by atoms with E-state index in [9.17, 15) is 9.59 Å². The van der Waals surface area contributed by atoms with Gasteiger partial charge in [-0.05, 0) is 50.1 Å². The molecular weight excluding hydrogens is 366 g/mol. The highest BCUT2D eigenvalue weighted by Gasteiger charge is 2.11. The molecule has 0 bridgehead atoms. The van der Waals surface area contributed by atoms with Crippen molar-refractivity contribution >= 4 is 43.5 Å². The van der Waals surface area contributed by atoms with Crippen LogP contribution in [0.3, 0.4) is 0 Å². The van der Waals surface area contributed by atoms with Crippen LogP contribution in [-0.4, -0.2) is 16.1 Å². The maximum absolute atomic E-state index is 11.9. The summed E-state index contributed by atoms with van der Waals surface area (Å²) in [6.07, 6.45) is 0. The lowest BCUT2D eigenvalue weighted by atomic mass is 10.3. The number of carbonyl (C=O) groups excluding carboxylic acids is 1. The Hall–Kier alpha value is -1.47. The third-order valence-electron chi connectivity index (χ3n) is 2.11. The van der Waals surface area contributed by atoms with Gasteiger partial charge in [-0.25, -0.2) is 5.10 Å². The fourth-order valence-corrected chi connectivity index (χ4v) is 2.46. The molecule has 2 aromatic rings. The van der Waals surface area contributed by atoms with Crippen LogP contribution < -0.4 is 10.9 Å². The lowest BCUT2D eigenvalue weighted by molar-refractivity contribution is 0.102. The number of amides is 1. The Labute approximate surface area is 119 Å². The van der Waals surface area contributed by atoms with Gasteiger partial charge in [0.15, 0.2) is 0 Å². The van der Waals surface area contributed by atoms with E-state index in [1.165, 1.54) is 12.1 Å². The lowest BCUT2D eigenvalue weighted by Crippen LogP contribution is -2.17. The van der Waals surface area contributed by atoms with Crippen LogP contribution in [0.15, 0.2) is 44.1 Å². The SMILES string of the molecule is O=C(Nc1c(Br)cccc1Br)c1ccc(=O)[nH]n1. The monoisotopic (exact) mass is 371 g/mol. The van der Waals surface area contributed by atoms with Gasteiger partial charge in [0.2, 0.25) is 0 Å². The van der Waals surface area contributed by atoms with Crippen LogP contribution in [0.25, 0.3) is 0 Å². The average molecular weight is 373 g/mol. The third kappa shape index (κ3) is 2.85. The molecule has 1 aromatic carbocycles. The Balaban J connectivity index is 2.27. The first-order valence-electron chi connectivity index (χ1n) is 4.89. The number of nitrogens with zero attached hydrogens (tertiary/aromatic N) is 1. The second-order valence-electron chi connectivity index (χ2n) is 3.36. The number of rotatable bonds is 2. The molecule has 92 valence electrons. The molecule has 0 radical (unpaired) electrons. The third-order valence-corrected chi connectivity index (χ3v) is 3.43. The van der Waals surface area contributed by atoms with E-state index in [2.05, 4.69) is 47.4 Å². The molecule has 0 aliphatic rings. The quantitative estimate of drug-likeness (QED) is 0.850. The van der Waals surface area contributed by atoms with Gasteiger partial charge in [-0.15, -0.1) is 0 Å². The molecule has 0 spiro atoms. The summed E-state index contributed by atoms with van der Waals surface area (Å²) in [7, 11) is 0. The van der Waals surface area contributed by atoms with Crippen molar-refractivity contribution in [2.75, 3.05) is 5.32 Å². The van der Waals surface area contributed by atoms with Crippen LogP contribution in [0.1, 0.15) is 10.5 Å². The molecule has 0 unspecified atom stereocenters. The van der Waals surface area contributed by atoms with Crippen molar-refractivity contribution in [3.05, 3.63) is 55.3 Å². The zero-order valence-electron chi connectivity index (χ0n) is 8.91. The maximum atomic E-state index is 11.9. The summed E-state index contributed by atoms with van der Waals surface area (Å²) in [5.74, 6) is -0.404. The van der Waals surface area contributed by atoms with Gasteiger partial charge in [0.05, 0.1) is 5.69 Å². The van der Waals surface area contributed by atoms with Crippen LogP contribution in [-0.2, 0) is 0 Å². The van der Waals surface area contributed by atoms with Crippen molar-refractivity contribution in [3.8, 4) is 0 Å². The molecule has 2 N–H and O–H groups in total. The minimum Gasteiger partial charge on any atom is -0.319 e. The first kappa shape index (κ1) is 13.0. The van der Waals surface area contributed by atoms with E-state index in [4.69, 9.17) is 0 Å². The smallest absolute Gasteiger partial charge is 0.276 e. The summed E-state index contributed by atoms with van der Waals surface area (Å²) in [6, 6.07) is 8.05. The van der Waals surface area contributed by atoms with Crippen LogP contribution in [0, 0.1) is 0 Å². The zero-order chi connectivity index (χ0) is 13.1. The molecule has 0 aliphatic heterocycles. The molecule has 2 rings (SSSR count). The van der Waals surface area contributed by atoms with Crippen LogP contribution in [0.5, 0.6) is 0 Å². The Morgan fingerprint density at radius 2 is 1.83 bits per heavy atom. The summed E-state index contributed by atoms with van der Waals surface area (Å²) in [5.41, 5.74) is 0.390. The molecule has 7 heteroatoms. The molecule has 5 nitrogen and oxygen atoms in total.